The van der Waals surface area contributed by atoms with Crippen LogP contribution in [0.1, 0.15) is 53.5 Å². The quantitative estimate of drug-likeness (QED) is 0.638. The van der Waals surface area contributed by atoms with Gasteiger partial charge in [-0.3, -0.25) is 4.79 Å². The second-order valence-electron chi connectivity index (χ2n) is 7.36. The number of nitrogens with zero attached hydrogens (tertiary/aromatic N) is 3. The summed E-state index contributed by atoms with van der Waals surface area (Å²) in [6.07, 6.45) is 4.26. The number of amides is 1. The molecule has 1 amide bonds. The molecule has 2 heterocycles. The number of hydrogen-bond donors (Lipinski definition) is 0. The number of carbonyl (C=O) groups is 1. The van der Waals surface area contributed by atoms with Crippen molar-refractivity contribution in [1.29, 1.82) is 0 Å². The monoisotopic (exact) mass is 391 g/mol. The molecule has 0 saturated carbocycles. The van der Waals surface area contributed by atoms with Crippen LogP contribution in [-0.4, -0.2) is 34.6 Å². The molecule has 150 valence electrons. The largest absolute Gasteiger partial charge is 0.497 e. The Hall–Kier alpha value is -3.15. The summed E-state index contributed by atoms with van der Waals surface area (Å²) in [5.74, 6) is 1.94. The molecule has 0 unspecified atom stereocenters. The number of carbonyl (C=O) groups excluding carboxylic acids is 1. The molecular weight excluding hydrogens is 366 g/mol. The Labute approximate surface area is 170 Å². The number of benzene rings is 2. The highest BCUT2D eigenvalue weighted by Crippen LogP contribution is 2.32. The van der Waals surface area contributed by atoms with E-state index < -0.39 is 0 Å². The maximum atomic E-state index is 13.4. The zero-order chi connectivity index (χ0) is 20.2. The summed E-state index contributed by atoms with van der Waals surface area (Å²) in [4.78, 5) is 19.6. The van der Waals surface area contributed by atoms with Crippen LogP contribution < -0.4 is 4.74 Å². The van der Waals surface area contributed by atoms with Gasteiger partial charge in [-0.1, -0.05) is 30.1 Å². The second kappa shape index (κ2) is 8.47. The fourth-order valence-electron chi connectivity index (χ4n) is 3.86. The van der Waals surface area contributed by atoms with E-state index in [2.05, 4.69) is 22.3 Å². The number of aryl methyl sites for hydroxylation is 1. The Bertz CT molecular complexity index is 964. The molecule has 0 N–H and O–H groups in total. The van der Waals surface area contributed by atoms with Gasteiger partial charge in [0.05, 0.1) is 13.2 Å². The lowest BCUT2D eigenvalue weighted by Crippen LogP contribution is -2.34. The number of likely N-dealkylation sites (tertiary alicyclic amines) is 1. The topological polar surface area (TPSA) is 68.5 Å². The molecule has 4 rings (SSSR count). The first kappa shape index (κ1) is 19.2. The molecule has 1 aliphatic heterocycles. The molecule has 1 aromatic heterocycles. The Morgan fingerprint density at radius 2 is 1.83 bits per heavy atom. The molecule has 0 aliphatic carbocycles. The first-order valence-electron chi connectivity index (χ1n) is 10.0. The molecule has 1 saturated heterocycles. The van der Waals surface area contributed by atoms with Crippen LogP contribution in [0.4, 0.5) is 0 Å². The molecule has 1 atom stereocenters. The van der Waals surface area contributed by atoms with Crippen LogP contribution in [-0.2, 0) is 0 Å². The summed E-state index contributed by atoms with van der Waals surface area (Å²) in [6, 6.07) is 15.5. The van der Waals surface area contributed by atoms with Gasteiger partial charge >= 0.3 is 0 Å². The Kier molecular flexibility index (Phi) is 5.60. The molecule has 1 aliphatic rings. The molecule has 3 aromatic rings. The van der Waals surface area contributed by atoms with E-state index >= 15 is 0 Å². The van der Waals surface area contributed by atoms with Crippen molar-refractivity contribution in [2.24, 2.45) is 0 Å². The van der Waals surface area contributed by atoms with E-state index in [4.69, 9.17) is 9.26 Å². The smallest absolute Gasteiger partial charge is 0.257 e. The van der Waals surface area contributed by atoms with Gasteiger partial charge in [-0.2, -0.15) is 4.98 Å². The van der Waals surface area contributed by atoms with E-state index in [0.717, 1.165) is 49.1 Å². The van der Waals surface area contributed by atoms with Gasteiger partial charge in [0.15, 0.2) is 5.82 Å². The van der Waals surface area contributed by atoms with E-state index in [9.17, 15) is 4.79 Å². The van der Waals surface area contributed by atoms with Crippen molar-refractivity contribution < 1.29 is 14.1 Å². The zero-order valence-electron chi connectivity index (χ0n) is 16.8. The summed E-state index contributed by atoms with van der Waals surface area (Å²) in [6.45, 7) is 2.55. The summed E-state index contributed by atoms with van der Waals surface area (Å²) < 4.78 is 10.5. The minimum atomic E-state index is 0.0565. The minimum absolute atomic E-state index is 0.0565. The molecule has 0 spiro atoms. The van der Waals surface area contributed by atoms with Crippen LogP contribution in [0.3, 0.4) is 0 Å². The Morgan fingerprint density at radius 1 is 1.07 bits per heavy atom. The van der Waals surface area contributed by atoms with Gasteiger partial charge in [0.2, 0.25) is 0 Å². The Balaban J connectivity index is 1.58. The van der Waals surface area contributed by atoms with Gasteiger partial charge in [-0.15, -0.1) is 0 Å². The van der Waals surface area contributed by atoms with Crippen LogP contribution in [0.2, 0.25) is 0 Å². The molecule has 6 heteroatoms. The van der Waals surface area contributed by atoms with E-state index in [-0.39, 0.29) is 11.9 Å². The maximum Gasteiger partial charge on any atom is 0.257 e. The molecule has 0 bridgehead atoms. The van der Waals surface area contributed by atoms with Gasteiger partial charge in [0.1, 0.15) is 5.75 Å². The molecule has 1 fully saturated rings. The molecule has 6 nitrogen and oxygen atoms in total. The normalized spacial score (nSPS) is 17.0. The molecule has 29 heavy (non-hydrogen) atoms. The lowest BCUT2D eigenvalue weighted by Gasteiger charge is -2.30. The van der Waals surface area contributed by atoms with Crippen molar-refractivity contribution in [1.82, 2.24) is 15.0 Å². The van der Waals surface area contributed by atoms with Crippen molar-refractivity contribution in [3.8, 4) is 17.2 Å². The summed E-state index contributed by atoms with van der Waals surface area (Å²) in [5, 5.41) is 3.82. The van der Waals surface area contributed by atoms with E-state index in [1.807, 2.05) is 41.3 Å². The molecule has 0 radical (unpaired) electrons. The van der Waals surface area contributed by atoms with Gasteiger partial charge in [0, 0.05) is 17.7 Å². The predicted octanol–water partition coefficient (Wildman–Crippen LogP) is 4.81. The van der Waals surface area contributed by atoms with Crippen LogP contribution in [0.15, 0.2) is 53.1 Å². The fourth-order valence-corrected chi connectivity index (χ4v) is 3.86. The third-order valence-electron chi connectivity index (χ3n) is 5.42. The van der Waals surface area contributed by atoms with E-state index in [1.165, 1.54) is 0 Å². The van der Waals surface area contributed by atoms with Gasteiger partial charge in [-0.05, 0) is 61.7 Å². The average molecular weight is 391 g/mol. The SMILES string of the molecule is COc1ccc([C@@H]2CCCCCN2C(=O)c2ccc(-c3nc(C)no3)cc2)cc1. The van der Waals surface area contributed by atoms with Gasteiger partial charge in [0.25, 0.3) is 11.8 Å². The number of ether oxygens (including phenoxy) is 1. The number of methoxy groups -OCH3 is 1. The first-order chi connectivity index (χ1) is 14.2. The number of aromatic nitrogens is 2. The highest BCUT2D eigenvalue weighted by atomic mass is 16.5. The van der Waals surface area contributed by atoms with Crippen molar-refractivity contribution in [3.05, 3.63) is 65.5 Å². The maximum absolute atomic E-state index is 13.4. The second-order valence-corrected chi connectivity index (χ2v) is 7.36. The van der Waals surface area contributed by atoms with Crippen molar-refractivity contribution in [2.75, 3.05) is 13.7 Å². The van der Waals surface area contributed by atoms with E-state index in [0.29, 0.717) is 17.3 Å². The lowest BCUT2D eigenvalue weighted by molar-refractivity contribution is 0.0681. The third kappa shape index (κ3) is 4.16. The first-order valence-corrected chi connectivity index (χ1v) is 10.0. The predicted molar refractivity (Wildman–Crippen MR) is 110 cm³/mol. The van der Waals surface area contributed by atoms with E-state index in [1.54, 1.807) is 14.0 Å². The Morgan fingerprint density at radius 3 is 2.48 bits per heavy atom. The van der Waals surface area contributed by atoms with Gasteiger partial charge in [-0.25, -0.2) is 0 Å². The van der Waals surface area contributed by atoms with Crippen LogP contribution in [0.5, 0.6) is 5.75 Å². The zero-order valence-corrected chi connectivity index (χ0v) is 16.8. The summed E-state index contributed by atoms with van der Waals surface area (Å²) in [5.41, 5.74) is 2.63. The average Bonchev–Trinajstić information content (AvgIpc) is 3.05. The number of hydrogen-bond acceptors (Lipinski definition) is 5. The highest BCUT2D eigenvalue weighted by Gasteiger charge is 2.27. The van der Waals surface area contributed by atoms with Crippen molar-refractivity contribution >= 4 is 5.91 Å². The van der Waals surface area contributed by atoms with Crippen molar-refractivity contribution in [2.45, 2.75) is 38.6 Å². The molecular formula is C23H25N3O3. The van der Waals surface area contributed by atoms with Gasteiger partial charge < -0.3 is 14.2 Å². The molecule has 2 aromatic carbocycles. The van der Waals surface area contributed by atoms with Crippen LogP contribution in [0.25, 0.3) is 11.5 Å². The minimum Gasteiger partial charge on any atom is -0.497 e. The van der Waals surface area contributed by atoms with Crippen LogP contribution >= 0.6 is 0 Å². The highest BCUT2D eigenvalue weighted by molar-refractivity contribution is 5.95. The standard InChI is InChI=1S/C23H25N3O3/c1-16-24-22(29-25-16)18-7-9-19(10-8-18)23(27)26-15-5-3-4-6-21(26)17-11-13-20(28-2)14-12-17/h7-14,21H,3-6,15H2,1-2H3/t21-/m0/s1. The number of rotatable bonds is 4. The third-order valence-corrected chi connectivity index (χ3v) is 5.42. The fraction of sp³-hybridized carbons (Fsp3) is 0.348. The van der Waals surface area contributed by atoms with Crippen LogP contribution in [0, 0.1) is 6.92 Å². The summed E-state index contributed by atoms with van der Waals surface area (Å²) in [7, 11) is 1.66. The summed E-state index contributed by atoms with van der Waals surface area (Å²) >= 11 is 0. The van der Waals surface area contributed by atoms with Crippen molar-refractivity contribution in [3.63, 3.8) is 0 Å². The lowest BCUT2D eigenvalue weighted by atomic mass is 9.99.